The van der Waals surface area contributed by atoms with E-state index < -0.39 is 11.6 Å². The highest BCUT2D eigenvalue weighted by Crippen LogP contribution is 2.23. The topological polar surface area (TPSA) is 114 Å². The second-order valence-corrected chi connectivity index (χ2v) is 7.17. The highest BCUT2D eigenvalue weighted by molar-refractivity contribution is 6.30. The summed E-state index contributed by atoms with van der Waals surface area (Å²) in [6.45, 7) is 1.24. The molecule has 0 saturated heterocycles. The first-order chi connectivity index (χ1) is 14.9. The summed E-state index contributed by atoms with van der Waals surface area (Å²) in [4.78, 5) is 35.6. The maximum atomic E-state index is 12.4. The summed E-state index contributed by atoms with van der Waals surface area (Å²) in [7, 11) is 0. The minimum absolute atomic E-state index is 0.143. The Morgan fingerprint density at radius 1 is 1.13 bits per heavy atom. The number of H-pyrrole nitrogens is 1. The van der Waals surface area contributed by atoms with Crippen molar-refractivity contribution in [2.24, 2.45) is 0 Å². The van der Waals surface area contributed by atoms with E-state index in [1.807, 2.05) is 0 Å². The first kappa shape index (κ1) is 20.4. The Kier molecular flexibility index (Phi) is 5.55. The molecule has 2 aromatic carbocycles. The number of carbonyl (C=O) groups excluding carboxylic acids is 2. The lowest BCUT2D eigenvalue weighted by atomic mass is 10.1. The molecule has 31 heavy (non-hydrogen) atoms. The third-order valence-corrected chi connectivity index (χ3v) is 4.70. The number of amides is 1. The first-order valence-electron chi connectivity index (χ1n) is 9.22. The van der Waals surface area contributed by atoms with Crippen molar-refractivity contribution in [3.05, 3.63) is 81.3 Å². The molecule has 4 rings (SSSR count). The number of ether oxygens (including phenoxy) is 1. The monoisotopic (exact) mass is 437 g/mol. The lowest BCUT2D eigenvalue weighted by Gasteiger charge is -2.08. The predicted molar refractivity (Wildman–Crippen MR) is 115 cm³/mol. The van der Waals surface area contributed by atoms with E-state index in [-0.39, 0.29) is 23.8 Å². The Balaban J connectivity index is 1.52. The van der Waals surface area contributed by atoms with Crippen LogP contribution in [-0.2, 0) is 16.1 Å². The molecule has 156 valence electrons. The number of rotatable bonds is 5. The molecule has 2 aromatic heterocycles. The van der Waals surface area contributed by atoms with Gasteiger partial charge in [-0.25, -0.2) is 9.59 Å². The van der Waals surface area contributed by atoms with Crippen LogP contribution in [0, 0.1) is 0 Å². The van der Waals surface area contributed by atoms with Crippen LogP contribution in [0.1, 0.15) is 23.0 Å². The molecule has 0 atom stereocenters. The molecule has 4 aromatic rings. The lowest BCUT2D eigenvalue weighted by Crippen LogP contribution is -2.09. The average Bonchev–Trinajstić information content (AvgIpc) is 3.22. The van der Waals surface area contributed by atoms with E-state index in [1.54, 1.807) is 42.5 Å². The summed E-state index contributed by atoms with van der Waals surface area (Å²) in [6.07, 6.45) is 0. The predicted octanol–water partition coefficient (Wildman–Crippen LogP) is 4.15. The second-order valence-electron chi connectivity index (χ2n) is 6.73. The third kappa shape index (κ3) is 4.65. The molecule has 0 unspecified atom stereocenters. The molecule has 0 bridgehead atoms. The summed E-state index contributed by atoms with van der Waals surface area (Å²) in [5.41, 5.74) is 2.18. The van der Waals surface area contributed by atoms with Crippen LogP contribution >= 0.6 is 11.6 Å². The van der Waals surface area contributed by atoms with Gasteiger partial charge in [0.1, 0.15) is 17.9 Å². The maximum absolute atomic E-state index is 12.4. The van der Waals surface area contributed by atoms with Crippen molar-refractivity contribution in [3.8, 4) is 11.3 Å². The van der Waals surface area contributed by atoms with Gasteiger partial charge in [0.05, 0.1) is 5.69 Å². The fourth-order valence-corrected chi connectivity index (χ4v) is 3.17. The molecule has 9 heteroatoms. The van der Waals surface area contributed by atoms with Gasteiger partial charge in [-0.1, -0.05) is 23.7 Å². The van der Waals surface area contributed by atoms with Gasteiger partial charge in [0, 0.05) is 46.3 Å². The van der Waals surface area contributed by atoms with Crippen LogP contribution in [0.25, 0.3) is 22.2 Å². The van der Waals surface area contributed by atoms with Gasteiger partial charge in [-0.3, -0.25) is 9.89 Å². The van der Waals surface area contributed by atoms with Gasteiger partial charge in [-0.05, 0) is 30.3 Å². The van der Waals surface area contributed by atoms with Gasteiger partial charge in [0.15, 0.2) is 0 Å². The van der Waals surface area contributed by atoms with E-state index in [0.717, 1.165) is 5.56 Å². The summed E-state index contributed by atoms with van der Waals surface area (Å²) in [6, 6.07) is 14.8. The number of aromatic amines is 1. The second kappa shape index (κ2) is 8.45. The minimum atomic E-state index is -0.621. The molecular formula is C22H16ClN3O5. The zero-order chi connectivity index (χ0) is 22.0. The van der Waals surface area contributed by atoms with Crippen LogP contribution < -0.4 is 10.9 Å². The van der Waals surface area contributed by atoms with Crippen molar-refractivity contribution in [1.29, 1.82) is 0 Å². The van der Waals surface area contributed by atoms with Crippen LogP contribution in [0.3, 0.4) is 0 Å². The van der Waals surface area contributed by atoms with E-state index in [1.165, 1.54) is 19.1 Å². The van der Waals surface area contributed by atoms with E-state index in [9.17, 15) is 14.4 Å². The van der Waals surface area contributed by atoms with E-state index in [4.69, 9.17) is 20.8 Å². The van der Waals surface area contributed by atoms with Crippen LogP contribution in [-0.4, -0.2) is 22.1 Å². The Labute approximate surface area is 180 Å². The zero-order valence-corrected chi connectivity index (χ0v) is 17.0. The summed E-state index contributed by atoms with van der Waals surface area (Å²) in [5, 5.41) is 10.6. The number of fused-ring (bicyclic) bond motifs is 1. The van der Waals surface area contributed by atoms with Crippen LogP contribution in [0.5, 0.6) is 0 Å². The average molecular weight is 438 g/mol. The van der Waals surface area contributed by atoms with Crippen molar-refractivity contribution in [2.75, 3.05) is 5.32 Å². The van der Waals surface area contributed by atoms with Crippen LogP contribution in [0.15, 0.2) is 63.8 Å². The zero-order valence-electron chi connectivity index (χ0n) is 16.3. The van der Waals surface area contributed by atoms with E-state index in [0.29, 0.717) is 27.4 Å². The standard InChI is InChI=1S/C22H16ClN3O5/c1-12(27)24-16-6-7-17-14(8-21(28)31-20(17)9-16)11-30-22(29)19-10-18(25-26-19)13-2-4-15(23)5-3-13/h2-10H,11H2,1H3,(H,24,27)(H,25,26). The Morgan fingerprint density at radius 2 is 1.90 bits per heavy atom. The molecule has 0 aliphatic rings. The lowest BCUT2D eigenvalue weighted by molar-refractivity contribution is -0.114. The molecule has 2 heterocycles. The van der Waals surface area contributed by atoms with Crippen molar-refractivity contribution >= 4 is 40.1 Å². The molecule has 0 radical (unpaired) electrons. The van der Waals surface area contributed by atoms with Gasteiger partial charge < -0.3 is 14.5 Å². The fraction of sp³-hybridized carbons (Fsp3) is 0.0909. The number of halogens is 1. The molecule has 0 saturated carbocycles. The van der Waals surface area contributed by atoms with E-state index in [2.05, 4.69) is 15.5 Å². The molecular weight excluding hydrogens is 422 g/mol. The summed E-state index contributed by atoms with van der Waals surface area (Å²) in [5.74, 6) is -0.867. The number of nitrogens with one attached hydrogen (secondary N) is 2. The fourth-order valence-electron chi connectivity index (χ4n) is 3.05. The molecule has 0 aliphatic heterocycles. The third-order valence-electron chi connectivity index (χ3n) is 4.45. The Morgan fingerprint density at radius 3 is 2.65 bits per heavy atom. The van der Waals surface area contributed by atoms with Gasteiger partial charge >= 0.3 is 11.6 Å². The maximum Gasteiger partial charge on any atom is 0.356 e. The SMILES string of the molecule is CC(=O)Nc1ccc2c(COC(=O)c3cc(-c4ccc(Cl)cc4)n[nH]3)cc(=O)oc2c1. The highest BCUT2D eigenvalue weighted by atomic mass is 35.5. The van der Waals surface area contributed by atoms with Crippen molar-refractivity contribution < 1.29 is 18.7 Å². The molecule has 0 aliphatic carbocycles. The molecule has 0 spiro atoms. The molecule has 0 fully saturated rings. The van der Waals surface area contributed by atoms with Crippen molar-refractivity contribution in [2.45, 2.75) is 13.5 Å². The van der Waals surface area contributed by atoms with Gasteiger partial charge in [0.2, 0.25) is 5.91 Å². The number of carbonyl (C=O) groups is 2. The number of nitrogens with zero attached hydrogens (tertiary/aromatic N) is 1. The Bertz CT molecular complexity index is 1340. The number of hydrogen-bond acceptors (Lipinski definition) is 6. The number of aromatic nitrogens is 2. The quantitative estimate of drug-likeness (QED) is 0.358. The van der Waals surface area contributed by atoms with Crippen LogP contribution in [0.4, 0.5) is 5.69 Å². The summed E-state index contributed by atoms with van der Waals surface area (Å²) >= 11 is 5.89. The van der Waals surface area contributed by atoms with Gasteiger partial charge in [-0.15, -0.1) is 0 Å². The first-order valence-corrected chi connectivity index (χ1v) is 9.60. The minimum Gasteiger partial charge on any atom is -0.456 e. The number of hydrogen-bond donors (Lipinski definition) is 2. The van der Waals surface area contributed by atoms with Gasteiger partial charge in [0.25, 0.3) is 0 Å². The van der Waals surface area contributed by atoms with Gasteiger partial charge in [-0.2, -0.15) is 5.10 Å². The van der Waals surface area contributed by atoms with Crippen molar-refractivity contribution in [1.82, 2.24) is 10.2 Å². The largest absolute Gasteiger partial charge is 0.456 e. The molecule has 1 amide bonds. The number of anilines is 1. The Hall–Kier alpha value is -3.91. The number of benzene rings is 2. The van der Waals surface area contributed by atoms with Crippen molar-refractivity contribution in [3.63, 3.8) is 0 Å². The molecule has 2 N–H and O–H groups in total. The van der Waals surface area contributed by atoms with E-state index >= 15 is 0 Å². The summed E-state index contributed by atoms with van der Waals surface area (Å²) < 4.78 is 10.6. The highest BCUT2D eigenvalue weighted by Gasteiger charge is 2.15. The normalized spacial score (nSPS) is 10.8. The number of esters is 1. The smallest absolute Gasteiger partial charge is 0.356 e. The van der Waals surface area contributed by atoms with Crippen LogP contribution in [0.2, 0.25) is 5.02 Å². The molecule has 8 nitrogen and oxygen atoms in total.